The molecule has 0 spiro atoms. The molecule has 1 N–H and O–H groups in total. The first-order valence-corrected chi connectivity index (χ1v) is 10.4. The van der Waals surface area contributed by atoms with Gasteiger partial charge in [-0.25, -0.2) is 0 Å². The molecular weight excluding hydrogens is 414 g/mol. The Bertz CT molecular complexity index is 1040. The van der Waals surface area contributed by atoms with Crippen LogP contribution < -0.4 is 14.8 Å². The molecule has 3 rings (SSSR count). The summed E-state index contributed by atoms with van der Waals surface area (Å²) < 4.78 is 15.6. The van der Waals surface area contributed by atoms with E-state index < -0.39 is 11.9 Å². The summed E-state index contributed by atoms with van der Waals surface area (Å²) in [5.41, 5.74) is 1.37. The van der Waals surface area contributed by atoms with Gasteiger partial charge in [-0.1, -0.05) is 48.2 Å². The van der Waals surface area contributed by atoms with Gasteiger partial charge < -0.3 is 19.5 Å². The molecule has 3 aromatic rings. The number of anilines is 1. The Morgan fingerprint density at radius 1 is 0.871 bits per heavy atom. The lowest BCUT2D eigenvalue weighted by molar-refractivity contribution is -0.146. The van der Waals surface area contributed by atoms with Crippen LogP contribution in [0.15, 0.2) is 82.6 Å². The number of esters is 1. The Morgan fingerprint density at radius 2 is 1.58 bits per heavy atom. The third kappa shape index (κ3) is 6.52. The van der Waals surface area contributed by atoms with E-state index >= 15 is 0 Å². The summed E-state index contributed by atoms with van der Waals surface area (Å²) in [6.07, 6.45) is 0.0219. The number of ether oxygens (including phenoxy) is 3. The highest BCUT2D eigenvalue weighted by Crippen LogP contribution is 2.33. The van der Waals surface area contributed by atoms with Crippen LogP contribution in [0.4, 0.5) is 5.69 Å². The van der Waals surface area contributed by atoms with Crippen LogP contribution in [0.25, 0.3) is 0 Å². The fraction of sp³-hybridized carbons (Fsp3) is 0.167. The van der Waals surface area contributed by atoms with Crippen LogP contribution in [0.3, 0.4) is 0 Å². The summed E-state index contributed by atoms with van der Waals surface area (Å²) >= 11 is 1.54. The molecule has 0 bridgehead atoms. The second-order valence-corrected chi connectivity index (χ2v) is 7.60. The summed E-state index contributed by atoms with van der Waals surface area (Å²) in [5, 5.41) is 2.81. The molecule has 7 heteroatoms. The van der Waals surface area contributed by atoms with Gasteiger partial charge in [-0.05, 0) is 42.0 Å². The largest absolute Gasteiger partial charge is 0.493 e. The predicted molar refractivity (Wildman–Crippen MR) is 120 cm³/mol. The summed E-state index contributed by atoms with van der Waals surface area (Å²) in [4.78, 5) is 26.4. The number of amides is 1. The lowest BCUT2D eigenvalue weighted by Crippen LogP contribution is -2.22. The average molecular weight is 438 g/mol. The van der Waals surface area contributed by atoms with Crippen molar-refractivity contribution in [2.75, 3.05) is 26.1 Å². The Labute approximate surface area is 185 Å². The maximum absolute atomic E-state index is 12.3. The minimum absolute atomic E-state index is 0.0219. The number of nitrogens with one attached hydrogen (secondary N) is 1. The summed E-state index contributed by atoms with van der Waals surface area (Å²) in [6.45, 7) is -0.365. The summed E-state index contributed by atoms with van der Waals surface area (Å²) in [5.74, 6) is 0.195. The van der Waals surface area contributed by atoms with Crippen LogP contribution in [0.1, 0.15) is 5.56 Å². The van der Waals surface area contributed by atoms with E-state index in [0.29, 0.717) is 22.7 Å². The summed E-state index contributed by atoms with van der Waals surface area (Å²) in [7, 11) is 3.07. The quantitative estimate of drug-likeness (QED) is 0.494. The molecular formula is C24H23NO5S. The van der Waals surface area contributed by atoms with Gasteiger partial charge in [-0.15, -0.1) is 0 Å². The fourth-order valence-electron chi connectivity index (χ4n) is 2.82. The van der Waals surface area contributed by atoms with Crippen molar-refractivity contribution in [2.45, 2.75) is 16.2 Å². The molecule has 0 heterocycles. The van der Waals surface area contributed by atoms with E-state index in [4.69, 9.17) is 14.2 Å². The standard InChI is InChI=1S/C24H23NO5S/c1-28-20-13-12-17(14-21(20)29-2)15-24(27)30-16-23(26)25-19-10-6-7-11-22(19)31-18-8-4-3-5-9-18/h3-14H,15-16H2,1-2H3,(H,25,26). The molecule has 31 heavy (non-hydrogen) atoms. The highest BCUT2D eigenvalue weighted by molar-refractivity contribution is 7.99. The van der Waals surface area contributed by atoms with Gasteiger partial charge in [0.2, 0.25) is 0 Å². The van der Waals surface area contributed by atoms with Gasteiger partial charge in [0.25, 0.3) is 5.91 Å². The fourth-order valence-corrected chi connectivity index (χ4v) is 3.74. The van der Waals surface area contributed by atoms with Crippen molar-refractivity contribution >= 4 is 29.3 Å². The van der Waals surface area contributed by atoms with Crippen molar-refractivity contribution in [1.29, 1.82) is 0 Å². The van der Waals surface area contributed by atoms with Gasteiger partial charge in [0.15, 0.2) is 18.1 Å². The van der Waals surface area contributed by atoms with Gasteiger partial charge in [0.05, 0.1) is 26.3 Å². The lowest BCUT2D eigenvalue weighted by Gasteiger charge is -2.11. The molecule has 0 aromatic heterocycles. The Hall–Kier alpha value is -3.45. The van der Waals surface area contributed by atoms with Crippen molar-refractivity contribution < 1.29 is 23.8 Å². The second kappa shape index (κ2) is 11.1. The molecule has 6 nitrogen and oxygen atoms in total. The first kappa shape index (κ1) is 22.2. The highest BCUT2D eigenvalue weighted by Gasteiger charge is 2.13. The van der Waals surface area contributed by atoms with Gasteiger partial charge in [0, 0.05) is 9.79 Å². The molecule has 0 aliphatic carbocycles. The first-order valence-electron chi connectivity index (χ1n) is 9.57. The number of benzene rings is 3. The smallest absolute Gasteiger partial charge is 0.310 e. The van der Waals surface area contributed by atoms with Crippen molar-refractivity contribution in [3.8, 4) is 11.5 Å². The molecule has 0 unspecified atom stereocenters. The molecule has 0 aliphatic heterocycles. The Balaban J connectivity index is 1.54. The number of para-hydroxylation sites is 1. The zero-order valence-corrected chi connectivity index (χ0v) is 18.1. The van der Waals surface area contributed by atoms with E-state index in [-0.39, 0.29) is 13.0 Å². The number of carbonyl (C=O) groups excluding carboxylic acids is 2. The van der Waals surface area contributed by atoms with Gasteiger partial charge >= 0.3 is 5.97 Å². The monoisotopic (exact) mass is 437 g/mol. The van der Waals surface area contributed by atoms with E-state index in [9.17, 15) is 9.59 Å². The second-order valence-electron chi connectivity index (χ2n) is 6.49. The molecule has 0 radical (unpaired) electrons. The first-order chi connectivity index (χ1) is 15.1. The van der Waals surface area contributed by atoms with E-state index in [1.165, 1.54) is 7.11 Å². The normalized spacial score (nSPS) is 10.3. The van der Waals surface area contributed by atoms with Gasteiger partial charge in [-0.2, -0.15) is 0 Å². The zero-order valence-electron chi connectivity index (χ0n) is 17.3. The number of rotatable bonds is 9. The third-order valence-corrected chi connectivity index (χ3v) is 5.38. The molecule has 0 fully saturated rings. The minimum Gasteiger partial charge on any atom is -0.493 e. The predicted octanol–water partition coefficient (Wildman–Crippen LogP) is 4.58. The van der Waals surface area contributed by atoms with Crippen LogP contribution in [-0.4, -0.2) is 32.7 Å². The van der Waals surface area contributed by atoms with E-state index in [0.717, 1.165) is 9.79 Å². The number of hydrogen-bond acceptors (Lipinski definition) is 6. The van der Waals surface area contributed by atoms with Gasteiger partial charge in [0.1, 0.15) is 0 Å². The van der Waals surface area contributed by atoms with Crippen LogP contribution in [0, 0.1) is 0 Å². The molecule has 0 saturated heterocycles. The topological polar surface area (TPSA) is 73.9 Å². The van der Waals surface area contributed by atoms with Crippen LogP contribution in [0.5, 0.6) is 11.5 Å². The van der Waals surface area contributed by atoms with Crippen LogP contribution in [0.2, 0.25) is 0 Å². The molecule has 160 valence electrons. The van der Waals surface area contributed by atoms with E-state index in [1.807, 2.05) is 54.6 Å². The van der Waals surface area contributed by atoms with Crippen LogP contribution >= 0.6 is 11.8 Å². The highest BCUT2D eigenvalue weighted by atomic mass is 32.2. The number of carbonyl (C=O) groups is 2. The lowest BCUT2D eigenvalue weighted by atomic mass is 10.1. The average Bonchev–Trinajstić information content (AvgIpc) is 2.79. The molecule has 3 aromatic carbocycles. The van der Waals surface area contributed by atoms with Crippen molar-refractivity contribution in [3.63, 3.8) is 0 Å². The molecule has 0 aliphatic rings. The van der Waals surface area contributed by atoms with E-state index in [1.54, 1.807) is 37.1 Å². The Morgan fingerprint density at radius 3 is 2.32 bits per heavy atom. The SMILES string of the molecule is COc1ccc(CC(=O)OCC(=O)Nc2ccccc2Sc2ccccc2)cc1OC. The molecule has 0 atom stereocenters. The minimum atomic E-state index is -0.505. The Kier molecular flexibility index (Phi) is 7.95. The van der Waals surface area contributed by atoms with E-state index in [2.05, 4.69) is 5.32 Å². The summed E-state index contributed by atoms with van der Waals surface area (Å²) in [6, 6.07) is 22.5. The van der Waals surface area contributed by atoms with Crippen molar-refractivity contribution in [2.24, 2.45) is 0 Å². The number of methoxy groups -OCH3 is 2. The third-order valence-electron chi connectivity index (χ3n) is 4.29. The maximum Gasteiger partial charge on any atom is 0.310 e. The van der Waals surface area contributed by atoms with Crippen molar-refractivity contribution in [3.05, 3.63) is 78.4 Å². The molecule has 0 saturated carbocycles. The maximum atomic E-state index is 12.3. The zero-order chi connectivity index (χ0) is 22.1. The van der Waals surface area contributed by atoms with Gasteiger partial charge in [-0.3, -0.25) is 9.59 Å². The molecule has 1 amide bonds. The number of hydrogen-bond donors (Lipinski definition) is 1. The van der Waals surface area contributed by atoms with Crippen molar-refractivity contribution in [1.82, 2.24) is 0 Å². The van der Waals surface area contributed by atoms with Crippen LogP contribution in [-0.2, 0) is 20.7 Å².